The van der Waals surface area contributed by atoms with Crippen molar-refractivity contribution in [2.24, 2.45) is 5.73 Å². The zero-order valence-corrected chi connectivity index (χ0v) is 22.2. The fourth-order valence-corrected chi connectivity index (χ4v) is 3.78. The van der Waals surface area contributed by atoms with Gasteiger partial charge in [0.15, 0.2) is 17.4 Å². The fourth-order valence-electron chi connectivity index (χ4n) is 3.78. The Morgan fingerprint density at radius 1 is 1.24 bits per heavy atom. The van der Waals surface area contributed by atoms with Crippen LogP contribution in [0.5, 0.6) is 17.2 Å². The van der Waals surface area contributed by atoms with Crippen LogP contribution in [0, 0.1) is 11.2 Å². The number of anilines is 1. The monoisotopic (exact) mass is 566 g/mol. The number of esters is 1. The largest absolute Gasteiger partial charge is 0.497 e. The molecule has 14 nitrogen and oxygen atoms in total. The summed E-state index contributed by atoms with van der Waals surface area (Å²) in [5.74, 6) is -1.88. The van der Waals surface area contributed by atoms with Gasteiger partial charge >= 0.3 is 11.7 Å². The van der Waals surface area contributed by atoms with Gasteiger partial charge < -0.3 is 30.4 Å². The lowest BCUT2D eigenvalue weighted by atomic mass is 10.0. The van der Waals surface area contributed by atoms with E-state index in [-0.39, 0.29) is 58.3 Å². The zero-order valence-electron chi connectivity index (χ0n) is 22.2. The summed E-state index contributed by atoms with van der Waals surface area (Å²) in [6.45, 7) is 2.48. The van der Waals surface area contributed by atoms with E-state index in [0.29, 0.717) is 0 Å². The zero-order chi connectivity index (χ0) is 29.7. The van der Waals surface area contributed by atoms with E-state index in [1.807, 2.05) is 0 Å². The second-order valence-electron chi connectivity index (χ2n) is 8.76. The number of hydrogen-bond donors (Lipinski definition) is 5. The maximum Gasteiger partial charge on any atom is 0.350 e. The third kappa shape index (κ3) is 6.65. The summed E-state index contributed by atoms with van der Waals surface area (Å²) in [7, 11) is 1.38. The Morgan fingerprint density at radius 3 is 2.61 bits per heavy atom. The van der Waals surface area contributed by atoms with Crippen LogP contribution >= 0.6 is 0 Å². The maximum atomic E-state index is 16.0. The number of H-pyrrole nitrogens is 1. The summed E-state index contributed by atoms with van der Waals surface area (Å²) in [6, 6.07) is 7.44. The van der Waals surface area contributed by atoms with Crippen LogP contribution in [-0.2, 0) is 4.79 Å². The number of nitrogens with two attached hydrogens (primary N) is 1. The van der Waals surface area contributed by atoms with E-state index in [2.05, 4.69) is 25.4 Å². The molecule has 4 rings (SSSR count). The molecule has 0 bridgehead atoms. The van der Waals surface area contributed by atoms with E-state index in [1.165, 1.54) is 63.7 Å². The third-order valence-electron chi connectivity index (χ3n) is 5.55. The molecule has 0 aliphatic carbocycles. The SMILES string of the molecule is COc1cc(OC[C@H](C)O)c(F)c([C@H](Nc2ccc(C(=N)N)c(OC(C)=O)c2)c2nn(-c3ncccn3)c(=O)[nH]2)c1. The quantitative estimate of drug-likeness (QED) is 0.0764. The van der Waals surface area contributed by atoms with Crippen molar-refractivity contribution < 1.29 is 28.5 Å². The topological polar surface area (TPSA) is 203 Å². The first-order chi connectivity index (χ1) is 19.6. The number of nitrogens with one attached hydrogen (secondary N) is 3. The number of methoxy groups -OCH3 is 1. The predicted octanol–water partition coefficient (Wildman–Crippen LogP) is 1.67. The van der Waals surface area contributed by atoms with Gasteiger partial charge in [0, 0.05) is 42.7 Å². The number of aliphatic hydroxyl groups is 1. The van der Waals surface area contributed by atoms with Gasteiger partial charge in [-0.3, -0.25) is 15.2 Å². The smallest absolute Gasteiger partial charge is 0.350 e. The van der Waals surface area contributed by atoms with Crippen molar-refractivity contribution in [3.8, 4) is 23.2 Å². The van der Waals surface area contributed by atoms with Crippen LogP contribution in [0.2, 0.25) is 0 Å². The Bertz CT molecular complexity index is 1620. The van der Waals surface area contributed by atoms with Gasteiger partial charge in [0.2, 0.25) is 0 Å². The number of benzene rings is 2. The minimum absolute atomic E-state index is 0.0162. The van der Waals surface area contributed by atoms with Crippen LogP contribution in [0.15, 0.2) is 53.6 Å². The molecule has 214 valence electrons. The molecule has 0 amide bonds. The van der Waals surface area contributed by atoms with Crippen molar-refractivity contribution in [1.29, 1.82) is 5.41 Å². The summed E-state index contributed by atoms with van der Waals surface area (Å²) in [4.78, 5) is 35.2. The molecule has 0 unspecified atom stereocenters. The number of nitrogens with zero attached hydrogens (tertiary/aromatic N) is 4. The van der Waals surface area contributed by atoms with E-state index in [9.17, 15) is 14.7 Å². The lowest BCUT2D eigenvalue weighted by molar-refractivity contribution is -0.131. The Balaban J connectivity index is 1.88. The second kappa shape index (κ2) is 12.3. The fraction of sp³-hybridized carbons (Fsp3) is 0.231. The highest BCUT2D eigenvalue weighted by atomic mass is 19.1. The van der Waals surface area contributed by atoms with Gasteiger partial charge in [-0.15, -0.1) is 9.78 Å². The first-order valence-electron chi connectivity index (χ1n) is 12.2. The minimum atomic E-state index is -1.19. The third-order valence-corrected chi connectivity index (χ3v) is 5.55. The van der Waals surface area contributed by atoms with Gasteiger partial charge in [0.25, 0.3) is 5.95 Å². The molecule has 0 aliphatic rings. The number of ether oxygens (including phenoxy) is 3. The number of amidine groups is 1. The number of aromatic nitrogens is 5. The number of aromatic amines is 1. The number of carbonyl (C=O) groups is 1. The molecule has 0 saturated heterocycles. The number of aliphatic hydroxyl groups excluding tert-OH is 1. The lowest BCUT2D eigenvalue weighted by Gasteiger charge is -2.22. The van der Waals surface area contributed by atoms with E-state index in [0.717, 1.165) is 4.68 Å². The number of nitrogen functional groups attached to an aromatic ring is 1. The summed E-state index contributed by atoms with van der Waals surface area (Å²) in [5, 5.41) is 24.8. The van der Waals surface area contributed by atoms with E-state index in [4.69, 9.17) is 25.4 Å². The molecule has 2 aromatic carbocycles. The molecule has 2 aromatic heterocycles. The highest BCUT2D eigenvalue weighted by Crippen LogP contribution is 2.36. The van der Waals surface area contributed by atoms with E-state index < -0.39 is 29.6 Å². The molecule has 41 heavy (non-hydrogen) atoms. The Labute approximate surface area is 232 Å². The molecule has 0 fully saturated rings. The molecular weight excluding hydrogens is 539 g/mol. The van der Waals surface area contributed by atoms with Crippen molar-refractivity contribution >= 4 is 17.5 Å². The van der Waals surface area contributed by atoms with Gasteiger partial charge in [0.05, 0.1) is 18.8 Å². The van der Waals surface area contributed by atoms with Crippen LogP contribution in [0.1, 0.15) is 36.8 Å². The summed E-state index contributed by atoms with van der Waals surface area (Å²) in [6.07, 6.45) is 1.98. The summed E-state index contributed by atoms with van der Waals surface area (Å²) < 4.78 is 32.9. The number of hydrogen-bond acceptors (Lipinski definition) is 11. The molecular formula is C26H27FN8O6. The van der Waals surface area contributed by atoms with Gasteiger partial charge in [-0.05, 0) is 31.2 Å². The number of halogens is 1. The van der Waals surface area contributed by atoms with Gasteiger partial charge in [-0.2, -0.15) is 0 Å². The van der Waals surface area contributed by atoms with Crippen LogP contribution in [-0.4, -0.2) is 61.5 Å². The van der Waals surface area contributed by atoms with Crippen LogP contribution < -0.4 is 31.0 Å². The molecule has 4 aromatic rings. The van der Waals surface area contributed by atoms with Crippen molar-refractivity contribution in [3.05, 3.63) is 82.0 Å². The van der Waals surface area contributed by atoms with Gasteiger partial charge in [-0.1, -0.05) is 0 Å². The van der Waals surface area contributed by atoms with E-state index >= 15 is 4.39 Å². The molecule has 6 N–H and O–H groups in total. The van der Waals surface area contributed by atoms with Crippen LogP contribution in [0.4, 0.5) is 10.1 Å². The summed E-state index contributed by atoms with van der Waals surface area (Å²) in [5.41, 5.74) is 5.33. The van der Waals surface area contributed by atoms with Gasteiger partial charge in [0.1, 0.15) is 30.0 Å². The molecule has 0 spiro atoms. The van der Waals surface area contributed by atoms with Crippen molar-refractivity contribution in [2.45, 2.75) is 26.0 Å². The molecule has 0 radical (unpaired) electrons. The van der Waals surface area contributed by atoms with Crippen LogP contribution in [0.3, 0.4) is 0 Å². The predicted molar refractivity (Wildman–Crippen MR) is 144 cm³/mol. The first kappa shape index (κ1) is 28.7. The van der Waals surface area contributed by atoms with E-state index in [1.54, 1.807) is 6.07 Å². The van der Waals surface area contributed by atoms with Crippen molar-refractivity contribution in [2.75, 3.05) is 19.0 Å². The average molecular weight is 567 g/mol. The van der Waals surface area contributed by atoms with Gasteiger partial charge in [-0.25, -0.2) is 19.2 Å². The maximum absolute atomic E-state index is 16.0. The highest BCUT2D eigenvalue weighted by molar-refractivity contribution is 5.98. The Kier molecular flexibility index (Phi) is 8.57. The molecule has 15 heteroatoms. The average Bonchev–Trinajstić information content (AvgIpc) is 3.32. The summed E-state index contributed by atoms with van der Waals surface area (Å²) >= 11 is 0. The number of carbonyl (C=O) groups excluding carboxylic acids is 1. The molecule has 2 heterocycles. The minimum Gasteiger partial charge on any atom is -0.497 e. The van der Waals surface area contributed by atoms with Crippen molar-refractivity contribution in [1.82, 2.24) is 24.7 Å². The highest BCUT2D eigenvalue weighted by Gasteiger charge is 2.27. The van der Waals surface area contributed by atoms with Crippen LogP contribution in [0.25, 0.3) is 5.95 Å². The standard InChI is InChI=1S/C26H27FN8O6/c1-13(36)12-40-20-11-16(39-3)10-18(21(20)27)22(24-33-26(38)35(34-24)25-30-7-4-8-31-25)32-15-5-6-17(23(28)29)19(9-15)41-14(2)37/h4-11,13,22,32,36H,12H2,1-3H3,(H3,28,29)(H,33,34,38)/t13-,22-/m0/s1. The molecule has 0 aliphatic heterocycles. The first-order valence-corrected chi connectivity index (χ1v) is 12.2. The Hall–Kier alpha value is -5.31. The molecule has 0 saturated carbocycles. The second-order valence-corrected chi connectivity index (χ2v) is 8.76. The molecule has 2 atom stereocenters. The number of rotatable bonds is 11. The normalized spacial score (nSPS) is 12.3. The van der Waals surface area contributed by atoms with Crippen molar-refractivity contribution in [3.63, 3.8) is 0 Å². The Morgan fingerprint density at radius 2 is 1.98 bits per heavy atom. The lowest BCUT2D eigenvalue weighted by Crippen LogP contribution is -2.19.